The van der Waals surface area contributed by atoms with Gasteiger partial charge in [0.1, 0.15) is 0 Å². The van der Waals surface area contributed by atoms with Gasteiger partial charge in [-0.25, -0.2) is 0 Å². The summed E-state index contributed by atoms with van der Waals surface area (Å²) in [6.45, 7) is 2.97. The summed E-state index contributed by atoms with van der Waals surface area (Å²) in [7, 11) is 0. The first-order valence-electron chi connectivity index (χ1n) is 9.69. The van der Waals surface area contributed by atoms with Gasteiger partial charge in [-0.15, -0.1) is 0 Å². The fourth-order valence-electron chi connectivity index (χ4n) is 4.23. The van der Waals surface area contributed by atoms with Crippen molar-refractivity contribution >= 4 is 6.21 Å². The zero-order valence-electron chi connectivity index (χ0n) is 15.7. The minimum atomic E-state index is -0.645. The second-order valence-electron chi connectivity index (χ2n) is 7.55. The van der Waals surface area contributed by atoms with Crippen LogP contribution in [0.1, 0.15) is 48.8 Å². The van der Waals surface area contributed by atoms with E-state index in [9.17, 15) is 5.11 Å². The lowest BCUT2D eigenvalue weighted by Gasteiger charge is -2.36. The minimum absolute atomic E-state index is 0.0815. The predicted octanol–water partition coefficient (Wildman–Crippen LogP) is 4.22. The Hall–Kier alpha value is -2.30. The number of aliphatic hydroxyl groups excluding tert-OH is 1. The normalized spacial score (nSPS) is 25.9. The SMILES string of the molecule is CC(CC1OCCc2ccccc21)C1(CC(O)c2ccccn2)C=CC=N1. The van der Waals surface area contributed by atoms with E-state index in [1.54, 1.807) is 6.20 Å². The molecule has 0 saturated carbocycles. The van der Waals surface area contributed by atoms with E-state index in [-0.39, 0.29) is 12.0 Å². The number of aliphatic imine (C=N–C) groups is 1. The van der Waals surface area contributed by atoms with Crippen LogP contribution in [0.2, 0.25) is 0 Å². The Morgan fingerprint density at radius 2 is 2.07 bits per heavy atom. The molecule has 2 aliphatic rings. The number of hydrogen-bond acceptors (Lipinski definition) is 4. The van der Waals surface area contributed by atoms with Gasteiger partial charge in [0, 0.05) is 18.8 Å². The molecule has 0 spiro atoms. The number of benzene rings is 1. The van der Waals surface area contributed by atoms with Gasteiger partial charge >= 0.3 is 0 Å². The van der Waals surface area contributed by atoms with E-state index in [2.05, 4.69) is 42.2 Å². The number of aliphatic hydroxyl groups is 1. The minimum Gasteiger partial charge on any atom is -0.387 e. The van der Waals surface area contributed by atoms with Crippen molar-refractivity contribution in [2.75, 3.05) is 6.61 Å². The van der Waals surface area contributed by atoms with Crippen LogP contribution in [-0.2, 0) is 11.2 Å². The first-order valence-corrected chi connectivity index (χ1v) is 9.69. The Balaban J connectivity index is 1.53. The van der Waals surface area contributed by atoms with E-state index in [1.807, 2.05) is 30.5 Å². The maximum Gasteiger partial charge on any atom is 0.0986 e. The second kappa shape index (κ2) is 7.75. The molecule has 0 radical (unpaired) electrons. The maximum atomic E-state index is 10.8. The molecule has 1 aromatic heterocycles. The smallest absolute Gasteiger partial charge is 0.0986 e. The quantitative estimate of drug-likeness (QED) is 0.837. The van der Waals surface area contributed by atoms with E-state index < -0.39 is 11.6 Å². The molecule has 0 saturated heterocycles. The van der Waals surface area contributed by atoms with Crippen LogP contribution < -0.4 is 0 Å². The van der Waals surface area contributed by atoms with Gasteiger partial charge < -0.3 is 9.84 Å². The van der Waals surface area contributed by atoms with Crippen LogP contribution in [0.5, 0.6) is 0 Å². The lowest BCUT2D eigenvalue weighted by Crippen LogP contribution is -2.35. The van der Waals surface area contributed by atoms with Crippen LogP contribution in [0.25, 0.3) is 0 Å². The fraction of sp³-hybridized carbons (Fsp3) is 0.391. The van der Waals surface area contributed by atoms with Crippen LogP contribution in [0.3, 0.4) is 0 Å². The third-order valence-electron chi connectivity index (χ3n) is 5.85. The molecule has 3 heterocycles. The highest BCUT2D eigenvalue weighted by Gasteiger charge is 2.39. The molecule has 4 atom stereocenters. The van der Waals surface area contributed by atoms with Crippen LogP contribution >= 0.6 is 0 Å². The molecule has 4 nitrogen and oxygen atoms in total. The molecular formula is C23H26N2O2. The summed E-state index contributed by atoms with van der Waals surface area (Å²) in [5.41, 5.74) is 2.95. The highest BCUT2D eigenvalue weighted by molar-refractivity contribution is 5.75. The van der Waals surface area contributed by atoms with E-state index in [4.69, 9.17) is 9.73 Å². The van der Waals surface area contributed by atoms with E-state index in [0.717, 1.165) is 19.4 Å². The molecular weight excluding hydrogens is 336 g/mol. The molecule has 1 aromatic carbocycles. The fourth-order valence-corrected chi connectivity index (χ4v) is 4.23. The Kier molecular flexibility index (Phi) is 5.19. The molecule has 1 N–H and O–H groups in total. The lowest BCUT2D eigenvalue weighted by molar-refractivity contribution is 0.0170. The highest BCUT2D eigenvalue weighted by atomic mass is 16.5. The van der Waals surface area contributed by atoms with Gasteiger partial charge in [0.05, 0.1) is 30.0 Å². The van der Waals surface area contributed by atoms with Gasteiger partial charge in [-0.2, -0.15) is 0 Å². The van der Waals surface area contributed by atoms with E-state index in [1.165, 1.54) is 11.1 Å². The van der Waals surface area contributed by atoms with E-state index >= 15 is 0 Å². The number of fused-ring (bicyclic) bond motifs is 1. The molecule has 27 heavy (non-hydrogen) atoms. The number of nitrogens with zero attached hydrogens (tertiary/aromatic N) is 2. The zero-order chi connectivity index (χ0) is 18.7. The Morgan fingerprint density at radius 1 is 1.22 bits per heavy atom. The van der Waals surface area contributed by atoms with Gasteiger partial charge in [0.2, 0.25) is 0 Å². The number of hydrogen-bond donors (Lipinski definition) is 1. The summed E-state index contributed by atoms with van der Waals surface area (Å²) in [6, 6.07) is 14.2. The third-order valence-corrected chi connectivity index (χ3v) is 5.85. The maximum absolute atomic E-state index is 10.8. The standard InChI is InChI=1S/C23H26N2O2/c1-17(15-22-19-8-3-2-7-18(19)10-14-27-22)23(11-6-13-25-23)16-21(26)20-9-4-5-12-24-20/h2-9,11-13,17,21-22,26H,10,14-16H2,1H3. The number of rotatable bonds is 6. The van der Waals surface area contributed by atoms with Crippen molar-refractivity contribution in [3.8, 4) is 0 Å². The first kappa shape index (κ1) is 18.1. The molecule has 4 rings (SSSR count). The number of allylic oxidation sites excluding steroid dienone is 1. The summed E-state index contributed by atoms with van der Waals surface area (Å²) in [5.74, 6) is 0.224. The van der Waals surface area contributed by atoms with Crippen molar-refractivity contribution in [1.29, 1.82) is 0 Å². The number of pyridine rings is 1. The van der Waals surface area contributed by atoms with Gasteiger partial charge in [-0.1, -0.05) is 43.3 Å². The molecule has 0 amide bonds. The molecule has 2 aliphatic heterocycles. The summed E-state index contributed by atoms with van der Waals surface area (Å²) >= 11 is 0. The van der Waals surface area contributed by atoms with Crippen LogP contribution in [0.4, 0.5) is 0 Å². The van der Waals surface area contributed by atoms with E-state index in [0.29, 0.717) is 12.1 Å². The predicted molar refractivity (Wildman–Crippen MR) is 107 cm³/mol. The number of aromatic nitrogens is 1. The molecule has 0 bridgehead atoms. The summed E-state index contributed by atoms with van der Waals surface area (Å²) in [6.07, 6.45) is 9.47. The summed E-state index contributed by atoms with van der Waals surface area (Å²) in [4.78, 5) is 9.08. The molecule has 4 heteroatoms. The van der Waals surface area contributed by atoms with Gasteiger partial charge in [0.15, 0.2) is 0 Å². The average Bonchev–Trinajstić information content (AvgIpc) is 3.19. The molecule has 0 aliphatic carbocycles. The van der Waals surface area contributed by atoms with Crippen molar-refractivity contribution in [3.05, 3.63) is 77.6 Å². The van der Waals surface area contributed by atoms with Crippen molar-refractivity contribution in [3.63, 3.8) is 0 Å². The molecule has 140 valence electrons. The zero-order valence-corrected chi connectivity index (χ0v) is 15.7. The van der Waals surface area contributed by atoms with Gasteiger partial charge in [-0.3, -0.25) is 9.98 Å². The molecule has 2 aromatic rings. The monoisotopic (exact) mass is 362 g/mol. The van der Waals surface area contributed by atoms with Crippen molar-refractivity contribution in [2.24, 2.45) is 10.9 Å². The molecule has 4 unspecified atom stereocenters. The first-order chi connectivity index (χ1) is 13.2. The van der Waals surface area contributed by atoms with Crippen molar-refractivity contribution in [2.45, 2.75) is 43.9 Å². The van der Waals surface area contributed by atoms with Gasteiger partial charge in [-0.05, 0) is 48.1 Å². The Bertz CT molecular complexity index is 819. The Labute approximate surface area is 160 Å². The van der Waals surface area contributed by atoms with Crippen LogP contribution in [-0.4, -0.2) is 28.5 Å². The topological polar surface area (TPSA) is 54.7 Å². The average molecular weight is 362 g/mol. The summed E-state index contributed by atoms with van der Waals surface area (Å²) in [5, 5.41) is 10.8. The molecule has 0 fully saturated rings. The number of ether oxygens (including phenoxy) is 1. The van der Waals surface area contributed by atoms with Crippen molar-refractivity contribution < 1.29 is 9.84 Å². The Morgan fingerprint density at radius 3 is 2.85 bits per heavy atom. The highest BCUT2D eigenvalue weighted by Crippen LogP contribution is 2.41. The van der Waals surface area contributed by atoms with Crippen LogP contribution in [0.15, 0.2) is 65.8 Å². The third kappa shape index (κ3) is 3.73. The second-order valence-corrected chi connectivity index (χ2v) is 7.55. The van der Waals surface area contributed by atoms with Gasteiger partial charge in [0.25, 0.3) is 0 Å². The largest absolute Gasteiger partial charge is 0.387 e. The van der Waals surface area contributed by atoms with Crippen molar-refractivity contribution in [1.82, 2.24) is 4.98 Å². The van der Waals surface area contributed by atoms with Crippen LogP contribution in [0, 0.1) is 5.92 Å². The lowest BCUT2D eigenvalue weighted by atomic mass is 9.76. The summed E-state index contributed by atoms with van der Waals surface area (Å²) < 4.78 is 6.12.